The highest BCUT2D eigenvalue weighted by Gasteiger charge is 2.31. The molecule has 3 aromatic rings. The van der Waals surface area contributed by atoms with Crippen LogP contribution >= 0.6 is 11.3 Å². The summed E-state index contributed by atoms with van der Waals surface area (Å²) in [4.78, 5) is 25.4. The number of amides is 3. The number of benzene rings is 2. The summed E-state index contributed by atoms with van der Waals surface area (Å²) < 4.78 is 44.0. The Labute approximate surface area is 203 Å². The maximum atomic E-state index is 12.9. The van der Waals surface area contributed by atoms with Crippen molar-refractivity contribution >= 4 is 34.1 Å². The van der Waals surface area contributed by atoms with Crippen molar-refractivity contribution in [3.05, 3.63) is 54.1 Å². The zero-order valence-electron chi connectivity index (χ0n) is 19.1. The summed E-state index contributed by atoms with van der Waals surface area (Å²) in [5, 5.41) is 16.4. The van der Waals surface area contributed by atoms with Crippen LogP contribution in [0.25, 0.3) is 10.6 Å². The van der Waals surface area contributed by atoms with Crippen LogP contribution in [0.15, 0.2) is 48.5 Å². The largest absolute Gasteiger partial charge is 0.497 e. The zero-order valence-corrected chi connectivity index (χ0v) is 20.0. The Morgan fingerprint density at radius 3 is 2.51 bits per heavy atom. The fraction of sp³-hybridized carbons (Fsp3) is 0.304. The number of carbonyl (C=O) groups excluding carboxylic acids is 2. The van der Waals surface area contributed by atoms with Gasteiger partial charge in [-0.1, -0.05) is 49.8 Å². The molecule has 3 N–H and O–H groups in total. The SMILES string of the molecule is CCC(C)C(NC(=O)Nc1cccc(C(F)(F)F)c1)C(=O)Nc1nnc(-c2cccc(OC)c2)s1. The third-order valence-electron chi connectivity index (χ3n) is 5.20. The first-order valence-corrected chi connectivity index (χ1v) is 11.5. The number of hydrogen-bond donors (Lipinski definition) is 3. The van der Waals surface area contributed by atoms with Gasteiger partial charge in [0.1, 0.15) is 16.8 Å². The molecule has 0 spiro atoms. The number of aromatic nitrogens is 2. The molecular formula is C23H24F3N5O3S. The van der Waals surface area contributed by atoms with Gasteiger partial charge in [0.05, 0.1) is 12.7 Å². The van der Waals surface area contributed by atoms with Crippen LogP contribution in [-0.2, 0) is 11.0 Å². The van der Waals surface area contributed by atoms with E-state index in [1.807, 2.05) is 13.0 Å². The van der Waals surface area contributed by atoms with Crippen molar-refractivity contribution in [2.24, 2.45) is 5.92 Å². The highest BCUT2D eigenvalue weighted by molar-refractivity contribution is 7.18. The molecule has 0 saturated heterocycles. The van der Waals surface area contributed by atoms with Gasteiger partial charge >= 0.3 is 12.2 Å². The summed E-state index contributed by atoms with van der Waals surface area (Å²) >= 11 is 1.15. The predicted molar refractivity (Wildman–Crippen MR) is 127 cm³/mol. The van der Waals surface area contributed by atoms with Gasteiger partial charge in [-0.2, -0.15) is 13.2 Å². The molecule has 2 atom stereocenters. The number of carbonyl (C=O) groups is 2. The normalized spacial score (nSPS) is 13.0. The minimum atomic E-state index is -4.54. The van der Waals surface area contributed by atoms with Gasteiger partial charge in [-0.3, -0.25) is 10.1 Å². The number of nitrogens with zero attached hydrogens (tertiary/aromatic N) is 2. The molecule has 2 unspecified atom stereocenters. The summed E-state index contributed by atoms with van der Waals surface area (Å²) in [6.07, 6.45) is -3.98. The smallest absolute Gasteiger partial charge is 0.416 e. The number of hydrogen-bond acceptors (Lipinski definition) is 6. The molecule has 0 radical (unpaired) electrons. The second-order valence-corrected chi connectivity index (χ2v) is 8.65. The lowest BCUT2D eigenvalue weighted by atomic mass is 9.98. The van der Waals surface area contributed by atoms with Gasteiger partial charge in [-0.05, 0) is 36.2 Å². The molecule has 12 heteroatoms. The van der Waals surface area contributed by atoms with Gasteiger partial charge in [0.15, 0.2) is 0 Å². The van der Waals surface area contributed by atoms with Crippen molar-refractivity contribution < 1.29 is 27.5 Å². The van der Waals surface area contributed by atoms with Crippen molar-refractivity contribution in [2.45, 2.75) is 32.5 Å². The van der Waals surface area contributed by atoms with E-state index < -0.39 is 29.7 Å². The van der Waals surface area contributed by atoms with Gasteiger partial charge in [-0.15, -0.1) is 10.2 Å². The Kier molecular flexibility index (Phi) is 8.28. The number of urea groups is 1. The third kappa shape index (κ3) is 6.92. The van der Waals surface area contributed by atoms with E-state index in [0.29, 0.717) is 17.2 Å². The monoisotopic (exact) mass is 507 g/mol. The standard InChI is InChI=1S/C23H24F3N5O3S/c1-4-13(2)18(28-21(33)27-16-9-6-8-15(12-16)23(24,25)26)19(32)29-22-31-30-20(35-22)14-7-5-10-17(11-14)34-3/h5-13,18H,4H2,1-3H3,(H2,27,28,33)(H,29,31,32). The zero-order chi connectivity index (χ0) is 25.6. The van der Waals surface area contributed by atoms with Crippen LogP contribution in [0, 0.1) is 5.92 Å². The number of anilines is 2. The number of nitrogens with one attached hydrogen (secondary N) is 3. The Morgan fingerprint density at radius 2 is 1.83 bits per heavy atom. The summed E-state index contributed by atoms with van der Waals surface area (Å²) in [5.74, 6) is -0.143. The molecule has 8 nitrogen and oxygen atoms in total. The van der Waals surface area contributed by atoms with Gasteiger partial charge < -0.3 is 15.4 Å². The van der Waals surface area contributed by atoms with Crippen molar-refractivity contribution in [3.63, 3.8) is 0 Å². The van der Waals surface area contributed by atoms with E-state index in [9.17, 15) is 22.8 Å². The average molecular weight is 508 g/mol. The molecule has 0 aliphatic rings. The average Bonchev–Trinajstić information content (AvgIpc) is 3.30. The van der Waals surface area contributed by atoms with Crippen LogP contribution in [0.4, 0.5) is 28.8 Å². The van der Waals surface area contributed by atoms with Gasteiger partial charge in [0.2, 0.25) is 11.0 Å². The van der Waals surface area contributed by atoms with Crippen molar-refractivity contribution in [1.82, 2.24) is 15.5 Å². The molecule has 3 amide bonds. The first kappa shape index (κ1) is 25.9. The first-order valence-electron chi connectivity index (χ1n) is 10.6. The summed E-state index contributed by atoms with van der Waals surface area (Å²) in [7, 11) is 1.55. The second-order valence-electron chi connectivity index (χ2n) is 7.67. The lowest BCUT2D eigenvalue weighted by Gasteiger charge is -2.23. The van der Waals surface area contributed by atoms with Gasteiger partial charge in [0, 0.05) is 11.3 Å². The maximum absolute atomic E-state index is 12.9. The van der Waals surface area contributed by atoms with Crippen LogP contribution in [-0.4, -0.2) is 35.3 Å². The molecule has 3 rings (SSSR count). The molecule has 1 heterocycles. The Balaban J connectivity index is 1.69. The number of methoxy groups -OCH3 is 1. The highest BCUT2D eigenvalue weighted by atomic mass is 32.1. The Morgan fingerprint density at radius 1 is 1.09 bits per heavy atom. The highest BCUT2D eigenvalue weighted by Crippen LogP contribution is 2.31. The number of alkyl halides is 3. The van der Waals surface area contributed by atoms with E-state index in [0.717, 1.165) is 29.0 Å². The van der Waals surface area contributed by atoms with E-state index in [1.54, 1.807) is 32.2 Å². The van der Waals surface area contributed by atoms with Crippen molar-refractivity contribution in [2.75, 3.05) is 17.7 Å². The molecule has 0 fully saturated rings. The molecular weight excluding hydrogens is 483 g/mol. The number of ether oxygens (including phenoxy) is 1. The first-order chi connectivity index (χ1) is 16.6. The quantitative estimate of drug-likeness (QED) is 0.378. The Bertz CT molecular complexity index is 1180. The van der Waals surface area contributed by atoms with E-state index >= 15 is 0 Å². The number of halogens is 3. The van der Waals surface area contributed by atoms with Crippen LogP contribution in [0.5, 0.6) is 5.75 Å². The molecule has 0 bridgehead atoms. The fourth-order valence-electron chi connectivity index (χ4n) is 3.11. The van der Waals surface area contributed by atoms with E-state index in [1.165, 1.54) is 12.1 Å². The van der Waals surface area contributed by atoms with E-state index in [4.69, 9.17) is 4.74 Å². The van der Waals surface area contributed by atoms with Gasteiger partial charge in [0.25, 0.3) is 0 Å². The minimum absolute atomic E-state index is 0.0484. The predicted octanol–water partition coefficient (Wildman–Crippen LogP) is 5.41. The lowest BCUT2D eigenvalue weighted by Crippen LogP contribution is -2.49. The molecule has 0 aliphatic heterocycles. The molecule has 1 aromatic heterocycles. The molecule has 186 valence electrons. The molecule has 0 saturated carbocycles. The topological polar surface area (TPSA) is 105 Å². The summed E-state index contributed by atoms with van der Waals surface area (Å²) in [5.41, 5.74) is -0.179. The molecule has 2 aromatic carbocycles. The minimum Gasteiger partial charge on any atom is -0.497 e. The van der Waals surface area contributed by atoms with Crippen LogP contribution in [0.3, 0.4) is 0 Å². The van der Waals surface area contributed by atoms with Gasteiger partial charge in [-0.25, -0.2) is 4.79 Å². The van der Waals surface area contributed by atoms with Crippen LogP contribution in [0.1, 0.15) is 25.8 Å². The molecule has 0 aliphatic carbocycles. The van der Waals surface area contributed by atoms with E-state index in [2.05, 4.69) is 26.1 Å². The second kappa shape index (κ2) is 11.2. The van der Waals surface area contributed by atoms with Crippen molar-refractivity contribution in [3.8, 4) is 16.3 Å². The maximum Gasteiger partial charge on any atom is 0.416 e. The number of rotatable bonds is 8. The van der Waals surface area contributed by atoms with E-state index in [-0.39, 0.29) is 16.7 Å². The molecule has 35 heavy (non-hydrogen) atoms. The fourth-order valence-corrected chi connectivity index (χ4v) is 3.86. The van der Waals surface area contributed by atoms with Crippen LogP contribution in [0.2, 0.25) is 0 Å². The van der Waals surface area contributed by atoms with Crippen molar-refractivity contribution in [1.29, 1.82) is 0 Å². The third-order valence-corrected chi connectivity index (χ3v) is 6.09. The summed E-state index contributed by atoms with van der Waals surface area (Å²) in [6.45, 7) is 3.62. The Hall–Kier alpha value is -3.67. The van der Waals surface area contributed by atoms with Crippen LogP contribution < -0.4 is 20.7 Å². The summed E-state index contributed by atoms with van der Waals surface area (Å²) in [6, 6.07) is 9.68. The lowest BCUT2D eigenvalue weighted by molar-refractivity contribution is -0.137.